The maximum absolute atomic E-state index is 14.1. The highest BCUT2D eigenvalue weighted by molar-refractivity contribution is 6.02. The second-order valence-corrected chi connectivity index (χ2v) is 8.20. The fourth-order valence-corrected chi connectivity index (χ4v) is 4.42. The Kier molecular flexibility index (Phi) is 5.00. The maximum atomic E-state index is 14.1. The van der Waals surface area contributed by atoms with Gasteiger partial charge in [0, 0.05) is 47.9 Å². The Hall–Kier alpha value is -3.55. The second kappa shape index (κ2) is 7.85. The van der Waals surface area contributed by atoms with Gasteiger partial charge in [0.2, 0.25) is 0 Å². The highest BCUT2D eigenvalue weighted by atomic mass is 19.1. The van der Waals surface area contributed by atoms with E-state index in [9.17, 15) is 18.4 Å². The number of nitrogens with zero attached hydrogens (tertiary/aromatic N) is 2. The minimum absolute atomic E-state index is 0.0111. The van der Waals surface area contributed by atoms with Crippen molar-refractivity contribution < 1.29 is 23.1 Å². The van der Waals surface area contributed by atoms with Gasteiger partial charge in [0.15, 0.2) is 17.7 Å². The van der Waals surface area contributed by atoms with Gasteiger partial charge in [-0.1, -0.05) is 0 Å². The van der Waals surface area contributed by atoms with Crippen molar-refractivity contribution in [2.24, 2.45) is 5.92 Å². The first-order valence-electron chi connectivity index (χ1n) is 10.5. The van der Waals surface area contributed by atoms with Gasteiger partial charge in [0.25, 0.3) is 5.91 Å². The number of ether oxygens (including phenoxy) is 1. The van der Waals surface area contributed by atoms with Crippen LogP contribution >= 0.6 is 0 Å². The Bertz CT molecular complexity index is 1240. The molecule has 8 heteroatoms. The van der Waals surface area contributed by atoms with Crippen LogP contribution in [0.4, 0.5) is 20.2 Å². The number of fused-ring (bicyclic) bond motifs is 2. The zero-order valence-corrected chi connectivity index (χ0v) is 17.4. The fourth-order valence-electron chi connectivity index (χ4n) is 4.42. The van der Waals surface area contributed by atoms with Crippen molar-refractivity contribution in [3.8, 4) is 5.75 Å². The third kappa shape index (κ3) is 3.55. The number of carbonyl (C=O) groups excluding carboxylic acids is 2. The van der Waals surface area contributed by atoms with Crippen molar-refractivity contribution >= 4 is 34.0 Å². The molecular weight excluding hydrogens is 416 g/mol. The smallest absolute Gasteiger partial charge is 0.265 e. The van der Waals surface area contributed by atoms with Crippen molar-refractivity contribution in [2.75, 3.05) is 23.3 Å². The normalized spacial score (nSPS) is 18.8. The van der Waals surface area contributed by atoms with Crippen LogP contribution in [0.5, 0.6) is 5.75 Å². The number of piperidine rings is 1. The van der Waals surface area contributed by atoms with Crippen LogP contribution in [0, 0.1) is 17.6 Å². The van der Waals surface area contributed by atoms with E-state index in [2.05, 4.69) is 10.3 Å². The number of ketones is 1. The number of Topliss-reactive ketones (excluding diaryl/α,β-unsaturated/α-hetero) is 1. The van der Waals surface area contributed by atoms with Crippen molar-refractivity contribution in [2.45, 2.75) is 25.9 Å². The molecule has 164 valence electrons. The largest absolute Gasteiger partial charge is 0.479 e. The molecule has 1 atom stereocenters. The third-order valence-electron chi connectivity index (χ3n) is 6.14. The van der Waals surface area contributed by atoms with Crippen molar-refractivity contribution in [1.82, 2.24) is 4.98 Å². The lowest BCUT2D eigenvalue weighted by Gasteiger charge is -2.33. The van der Waals surface area contributed by atoms with Crippen LogP contribution in [0.25, 0.3) is 10.9 Å². The van der Waals surface area contributed by atoms with Gasteiger partial charge in [0.1, 0.15) is 17.1 Å². The van der Waals surface area contributed by atoms with Gasteiger partial charge in [-0.25, -0.2) is 8.78 Å². The molecule has 0 radical (unpaired) electrons. The van der Waals surface area contributed by atoms with Crippen LogP contribution in [-0.2, 0) is 4.79 Å². The first-order chi connectivity index (χ1) is 15.4. The van der Waals surface area contributed by atoms with E-state index in [0.29, 0.717) is 54.0 Å². The molecule has 1 fully saturated rings. The van der Waals surface area contributed by atoms with Crippen LogP contribution < -0.4 is 15.0 Å². The van der Waals surface area contributed by atoms with E-state index in [0.717, 1.165) is 6.07 Å². The molecule has 0 bridgehead atoms. The zero-order chi connectivity index (χ0) is 22.4. The van der Waals surface area contributed by atoms with Gasteiger partial charge in [-0.15, -0.1) is 0 Å². The van der Waals surface area contributed by atoms with Gasteiger partial charge in [-0.2, -0.15) is 0 Å². The molecule has 0 saturated carbocycles. The SMILES string of the molecule is CC1Oc2ccc(C(=O)C3CCN(c4ccnc5c(F)cc(F)cc45)CC3)cc2NC1=O. The fraction of sp³-hybridized carbons (Fsp3) is 0.292. The highest BCUT2D eigenvalue weighted by Gasteiger charge is 2.29. The maximum Gasteiger partial charge on any atom is 0.265 e. The topological polar surface area (TPSA) is 71.5 Å². The van der Waals surface area contributed by atoms with Crippen LogP contribution in [0.15, 0.2) is 42.6 Å². The molecule has 5 rings (SSSR count). The predicted octanol–water partition coefficient (Wildman–Crippen LogP) is 4.33. The molecule has 3 heterocycles. The van der Waals surface area contributed by atoms with Gasteiger partial charge in [0.05, 0.1) is 5.69 Å². The number of nitrogens with one attached hydrogen (secondary N) is 1. The monoisotopic (exact) mass is 437 g/mol. The molecule has 2 aliphatic heterocycles. The summed E-state index contributed by atoms with van der Waals surface area (Å²) >= 11 is 0. The molecule has 0 aliphatic carbocycles. The average Bonchev–Trinajstić information content (AvgIpc) is 2.79. The average molecular weight is 437 g/mol. The Labute approximate surface area is 183 Å². The standard InChI is InChI=1S/C24H21F2N3O3/c1-13-24(31)28-19-10-15(2-3-21(19)32-13)23(30)14-5-8-29(9-6-14)20-4-7-27-22-17(20)11-16(25)12-18(22)26/h2-4,7,10-14H,5-6,8-9H2,1H3,(H,28,31). The molecule has 6 nitrogen and oxygen atoms in total. The number of pyridine rings is 1. The van der Waals surface area contributed by atoms with E-state index in [1.165, 1.54) is 12.3 Å². The van der Waals surface area contributed by atoms with Crippen LogP contribution in [0.1, 0.15) is 30.1 Å². The number of benzene rings is 2. The van der Waals surface area contributed by atoms with Gasteiger partial charge in [-0.05, 0) is 50.1 Å². The molecule has 3 aromatic rings. The Morgan fingerprint density at radius 3 is 2.72 bits per heavy atom. The first-order valence-corrected chi connectivity index (χ1v) is 10.5. The number of aromatic nitrogens is 1. The summed E-state index contributed by atoms with van der Waals surface area (Å²) in [5.41, 5.74) is 1.87. The number of carbonyl (C=O) groups is 2. The number of hydrogen-bond donors (Lipinski definition) is 1. The molecule has 1 aromatic heterocycles. The van der Waals surface area contributed by atoms with E-state index < -0.39 is 17.7 Å². The summed E-state index contributed by atoms with van der Waals surface area (Å²) in [4.78, 5) is 31.0. The lowest BCUT2D eigenvalue weighted by atomic mass is 9.88. The van der Waals surface area contributed by atoms with Crippen molar-refractivity contribution in [3.63, 3.8) is 0 Å². The summed E-state index contributed by atoms with van der Waals surface area (Å²) < 4.78 is 33.5. The molecule has 1 N–H and O–H groups in total. The molecule has 0 spiro atoms. The Balaban J connectivity index is 1.33. The highest BCUT2D eigenvalue weighted by Crippen LogP contribution is 2.34. The number of hydrogen-bond acceptors (Lipinski definition) is 5. The number of anilines is 2. The molecule has 1 amide bonds. The summed E-state index contributed by atoms with van der Waals surface area (Å²) in [5, 5.41) is 3.20. The summed E-state index contributed by atoms with van der Waals surface area (Å²) in [6.07, 6.45) is 2.16. The lowest BCUT2D eigenvalue weighted by Crippen LogP contribution is -2.37. The Morgan fingerprint density at radius 2 is 1.94 bits per heavy atom. The molecule has 2 aromatic carbocycles. The quantitative estimate of drug-likeness (QED) is 0.618. The molecular formula is C24H21F2N3O3. The number of amides is 1. The molecule has 2 aliphatic rings. The van der Waals surface area contributed by atoms with E-state index in [-0.39, 0.29) is 23.1 Å². The lowest BCUT2D eigenvalue weighted by molar-refractivity contribution is -0.122. The van der Waals surface area contributed by atoms with Crippen molar-refractivity contribution in [1.29, 1.82) is 0 Å². The van der Waals surface area contributed by atoms with E-state index in [1.807, 2.05) is 4.90 Å². The minimum atomic E-state index is -0.690. The zero-order valence-electron chi connectivity index (χ0n) is 17.4. The van der Waals surface area contributed by atoms with E-state index >= 15 is 0 Å². The minimum Gasteiger partial charge on any atom is -0.479 e. The summed E-state index contributed by atoms with van der Waals surface area (Å²) in [5.74, 6) is -1.20. The van der Waals surface area contributed by atoms with Crippen LogP contribution in [-0.4, -0.2) is 35.9 Å². The van der Waals surface area contributed by atoms with Gasteiger partial charge in [-0.3, -0.25) is 14.6 Å². The van der Waals surface area contributed by atoms with Crippen molar-refractivity contribution in [3.05, 3.63) is 59.8 Å². The second-order valence-electron chi connectivity index (χ2n) is 8.20. The summed E-state index contributed by atoms with van der Waals surface area (Å²) in [7, 11) is 0. The van der Waals surface area contributed by atoms with Crippen LogP contribution in [0.2, 0.25) is 0 Å². The molecule has 32 heavy (non-hydrogen) atoms. The van der Waals surface area contributed by atoms with Crippen LogP contribution in [0.3, 0.4) is 0 Å². The van der Waals surface area contributed by atoms with E-state index in [4.69, 9.17) is 4.74 Å². The first kappa shape index (κ1) is 20.4. The summed E-state index contributed by atoms with van der Waals surface area (Å²) in [6.45, 7) is 2.83. The van der Waals surface area contributed by atoms with E-state index in [1.54, 1.807) is 31.2 Å². The van der Waals surface area contributed by atoms with Gasteiger partial charge >= 0.3 is 0 Å². The molecule has 1 unspecified atom stereocenters. The third-order valence-corrected chi connectivity index (χ3v) is 6.14. The molecule has 1 saturated heterocycles. The Morgan fingerprint density at radius 1 is 1.16 bits per heavy atom. The number of halogens is 2. The van der Waals surface area contributed by atoms with Gasteiger partial charge < -0.3 is 15.0 Å². The predicted molar refractivity (Wildman–Crippen MR) is 116 cm³/mol. The number of rotatable bonds is 3. The summed E-state index contributed by atoms with van der Waals surface area (Å²) in [6, 6.07) is 8.96.